The van der Waals surface area contributed by atoms with Crippen LogP contribution >= 0.6 is 0 Å². The van der Waals surface area contributed by atoms with Crippen molar-refractivity contribution in [2.45, 2.75) is 59.3 Å². The normalized spacial score (nSPS) is 12.3. The Morgan fingerprint density at radius 2 is 2.06 bits per heavy atom. The molecule has 0 bridgehead atoms. The van der Waals surface area contributed by atoms with Gasteiger partial charge in [0.05, 0.1) is 25.5 Å². The molecule has 0 spiro atoms. The summed E-state index contributed by atoms with van der Waals surface area (Å²) in [5.74, 6) is 0.863. The number of H-pyrrole nitrogens is 1. The molecule has 3 aromatic heterocycles. The van der Waals surface area contributed by atoms with Crippen LogP contribution in [-0.2, 0) is 35.6 Å². The second kappa shape index (κ2) is 11.1. The monoisotopic (exact) mass is 478 g/mol. The van der Waals surface area contributed by atoms with Gasteiger partial charge in [-0.05, 0) is 71.5 Å². The molecule has 0 aliphatic carbocycles. The molecule has 10 heteroatoms. The molecule has 1 aromatic carbocycles. The van der Waals surface area contributed by atoms with Crippen LogP contribution in [0.3, 0.4) is 0 Å². The summed E-state index contributed by atoms with van der Waals surface area (Å²) in [5.41, 5.74) is 2.49. The number of rotatable bonds is 11. The molecular weight excluding hydrogens is 448 g/mol. The molecule has 0 aliphatic heterocycles. The first kappa shape index (κ1) is 24.3. The van der Waals surface area contributed by atoms with E-state index in [0.717, 1.165) is 23.1 Å². The second-order valence-corrected chi connectivity index (χ2v) is 8.31. The number of benzene rings is 1. The summed E-state index contributed by atoms with van der Waals surface area (Å²) in [7, 11) is 0. The summed E-state index contributed by atoms with van der Waals surface area (Å²) in [6.07, 6.45) is 3.18. The lowest BCUT2D eigenvalue weighted by Gasteiger charge is -2.29. The number of aryl methyl sites for hydroxylation is 1. The topological polar surface area (TPSA) is 119 Å². The predicted molar refractivity (Wildman–Crippen MR) is 129 cm³/mol. The van der Waals surface area contributed by atoms with E-state index in [1.165, 1.54) is 10.2 Å². The van der Waals surface area contributed by atoms with E-state index in [1.54, 1.807) is 13.2 Å². The van der Waals surface area contributed by atoms with Crippen LogP contribution in [-0.4, -0.2) is 42.7 Å². The van der Waals surface area contributed by atoms with E-state index in [2.05, 4.69) is 38.4 Å². The molecule has 4 aromatic rings. The second-order valence-electron chi connectivity index (χ2n) is 8.31. The van der Waals surface area contributed by atoms with Crippen molar-refractivity contribution in [1.82, 2.24) is 30.1 Å². The molecule has 0 saturated carbocycles. The smallest absolute Gasteiger partial charge is 0.327 e. The number of aromatic nitrogens is 5. The average molecular weight is 479 g/mol. The number of carbonyl (C=O) groups excluding carboxylic acids is 1. The van der Waals surface area contributed by atoms with Crippen LogP contribution in [0, 0.1) is 0 Å². The lowest BCUT2D eigenvalue weighted by Crippen LogP contribution is -2.32. The van der Waals surface area contributed by atoms with Crippen LogP contribution in [0.5, 0.6) is 0 Å². The number of aromatic amines is 1. The number of carbonyl (C=O) groups is 1. The van der Waals surface area contributed by atoms with Crippen molar-refractivity contribution >= 4 is 16.9 Å². The van der Waals surface area contributed by atoms with Gasteiger partial charge in [-0.1, -0.05) is 19.9 Å². The van der Waals surface area contributed by atoms with Gasteiger partial charge in [0.2, 0.25) is 0 Å². The van der Waals surface area contributed by atoms with Crippen LogP contribution in [0.2, 0.25) is 0 Å². The zero-order chi connectivity index (χ0) is 24.8. The largest absolute Gasteiger partial charge is 0.468 e. The fraction of sp³-hybridized carbons (Fsp3) is 0.400. The molecule has 1 atom stereocenters. The fourth-order valence-corrected chi connectivity index (χ4v) is 4.23. The summed E-state index contributed by atoms with van der Waals surface area (Å²) in [6.45, 7) is 6.84. The van der Waals surface area contributed by atoms with Crippen molar-refractivity contribution in [3.05, 3.63) is 75.7 Å². The van der Waals surface area contributed by atoms with Crippen molar-refractivity contribution < 1.29 is 13.9 Å². The van der Waals surface area contributed by atoms with Crippen molar-refractivity contribution in [3.63, 3.8) is 0 Å². The van der Waals surface area contributed by atoms with E-state index in [4.69, 9.17) is 9.15 Å². The first-order valence-electron chi connectivity index (χ1n) is 11.8. The number of esters is 1. The van der Waals surface area contributed by atoms with Crippen LogP contribution in [0.4, 0.5) is 0 Å². The highest BCUT2D eigenvalue weighted by Crippen LogP contribution is 2.27. The molecule has 1 N–H and O–H groups in total. The molecule has 10 nitrogen and oxygen atoms in total. The third-order valence-electron chi connectivity index (χ3n) is 5.98. The molecule has 0 radical (unpaired) electrons. The highest BCUT2D eigenvalue weighted by atomic mass is 16.5. The lowest BCUT2D eigenvalue weighted by molar-refractivity contribution is -0.144. The van der Waals surface area contributed by atoms with Gasteiger partial charge in [0.15, 0.2) is 5.82 Å². The Kier molecular flexibility index (Phi) is 7.71. The summed E-state index contributed by atoms with van der Waals surface area (Å²) < 4.78 is 12.1. The van der Waals surface area contributed by atoms with Gasteiger partial charge in [0.1, 0.15) is 12.3 Å². The summed E-state index contributed by atoms with van der Waals surface area (Å²) in [4.78, 5) is 30.2. The van der Waals surface area contributed by atoms with Gasteiger partial charge < -0.3 is 14.1 Å². The Hall–Kier alpha value is -3.79. The zero-order valence-electron chi connectivity index (χ0n) is 20.2. The van der Waals surface area contributed by atoms with E-state index < -0.39 is 5.97 Å². The fourth-order valence-electron chi connectivity index (χ4n) is 4.23. The van der Waals surface area contributed by atoms with Gasteiger partial charge in [0, 0.05) is 17.6 Å². The molecule has 184 valence electrons. The molecular formula is C25H30N6O4. The number of hydrogen-bond acceptors (Lipinski definition) is 8. The summed E-state index contributed by atoms with van der Waals surface area (Å²) in [6, 6.07) is 11.4. The Morgan fingerprint density at radius 3 is 2.77 bits per heavy atom. The maximum Gasteiger partial charge on any atom is 0.327 e. The predicted octanol–water partition coefficient (Wildman–Crippen LogP) is 3.39. The SMILES string of the molecule is CCOC(=O)Cn1nnnc1C(CC)N(Cc1ccco1)Cc1cc2cc(CC)ccc2[nH]c1=O. The minimum Gasteiger partial charge on any atom is -0.468 e. The van der Waals surface area contributed by atoms with Gasteiger partial charge in [-0.3, -0.25) is 14.5 Å². The average Bonchev–Trinajstić information content (AvgIpc) is 3.52. The van der Waals surface area contributed by atoms with Gasteiger partial charge >= 0.3 is 5.97 Å². The summed E-state index contributed by atoms with van der Waals surface area (Å²) >= 11 is 0. The van der Waals surface area contributed by atoms with Gasteiger partial charge in [-0.2, -0.15) is 0 Å². The number of tetrazole rings is 1. The van der Waals surface area contributed by atoms with E-state index in [0.29, 0.717) is 30.9 Å². The maximum atomic E-state index is 13.0. The quantitative estimate of drug-likeness (QED) is 0.326. The number of nitrogens with one attached hydrogen (secondary N) is 1. The van der Waals surface area contributed by atoms with Gasteiger partial charge in [-0.25, -0.2) is 4.68 Å². The van der Waals surface area contributed by atoms with Crippen LogP contribution in [0.1, 0.15) is 55.9 Å². The number of hydrogen-bond donors (Lipinski definition) is 1. The Balaban J connectivity index is 1.70. The van der Waals surface area contributed by atoms with Crippen LogP contribution < -0.4 is 5.56 Å². The van der Waals surface area contributed by atoms with Gasteiger partial charge in [0.25, 0.3) is 5.56 Å². The molecule has 3 heterocycles. The highest BCUT2D eigenvalue weighted by molar-refractivity contribution is 5.79. The maximum absolute atomic E-state index is 13.0. The van der Waals surface area contributed by atoms with E-state index in [-0.39, 0.29) is 24.8 Å². The minimum absolute atomic E-state index is 0.0857. The van der Waals surface area contributed by atoms with E-state index >= 15 is 0 Å². The van der Waals surface area contributed by atoms with Gasteiger partial charge in [-0.15, -0.1) is 5.10 Å². The number of fused-ring (bicyclic) bond motifs is 1. The zero-order valence-corrected chi connectivity index (χ0v) is 20.2. The van der Waals surface area contributed by atoms with Crippen molar-refractivity contribution in [2.75, 3.05) is 6.61 Å². The van der Waals surface area contributed by atoms with Crippen molar-refractivity contribution in [1.29, 1.82) is 0 Å². The molecule has 35 heavy (non-hydrogen) atoms. The van der Waals surface area contributed by atoms with Crippen molar-refractivity contribution in [3.8, 4) is 0 Å². The molecule has 0 aliphatic rings. The van der Waals surface area contributed by atoms with E-state index in [9.17, 15) is 9.59 Å². The number of furan rings is 1. The Bertz CT molecular complexity index is 1330. The minimum atomic E-state index is -0.411. The van der Waals surface area contributed by atoms with Crippen LogP contribution in [0.15, 0.2) is 51.9 Å². The first-order valence-corrected chi connectivity index (χ1v) is 11.8. The lowest BCUT2D eigenvalue weighted by atomic mass is 10.1. The third kappa shape index (κ3) is 5.65. The van der Waals surface area contributed by atoms with E-state index in [1.807, 2.05) is 37.3 Å². The molecule has 4 rings (SSSR count). The highest BCUT2D eigenvalue weighted by Gasteiger charge is 2.27. The summed E-state index contributed by atoms with van der Waals surface area (Å²) in [5, 5.41) is 13.0. The molecule has 0 fully saturated rings. The Labute approximate surface area is 202 Å². The number of pyridine rings is 1. The number of nitrogens with zero attached hydrogens (tertiary/aromatic N) is 5. The standard InChI is InChI=1S/C25H30N6O4/c1-4-17-9-10-21-18(12-17)13-19(25(33)26-21)14-30(15-20-8-7-11-35-20)22(5-2)24-27-28-29-31(24)16-23(32)34-6-3/h7-13,22H,4-6,14-16H2,1-3H3,(H,26,33). The number of ether oxygens (including phenoxy) is 1. The van der Waals surface area contributed by atoms with Crippen LogP contribution in [0.25, 0.3) is 10.9 Å². The Morgan fingerprint density at radius 1 is 1.20 bits per heavy atom. The first-order chi connectivity index (χ1) is 17.0. The molecule has 1 unspecified atom stereocenters. The van der Waals surface area contributed by atoms with Crippen molar-refractivity contribution in [2.24, 2.45) is 0 Å². The molecule has 0 amide bonds. The third-order valence-corrected chi connectivity index (χ3v) is 5.98. The molecule has 0 saturated heterocycles.